The van der Waals surface area contributed by atoms with E-state index in [1.807, 2.05) is 13.8 Å². The van der Waals surface area contributed by atoms with Gasteiger partial charge in [0.15, 0.2) is 5.03 Å². The molecule has 21 heavy (non-hydrogen) atoms. The number of aromatic nitrogens is 2. The Hall–Kier alpha value is -1.11. The summed E-state index contributed by atoms with van der Waals surface area (Å²) in [7, 11) is 1.40. The van der Waals surface area contributed by atoms with E-state index in [9.17, 15) is 12.8 Å². The molecule has 0 aliphatic rings. The van der Waals surface area contributed by atoms with Crippen molar-refractivity contribution in [3.8, 4) is 0 Å². The van der Waals surface area contributed by atoms with E-state index < -0.39 is 14.9 Å². The third-order valence-corrected chi connectivity index (χ3v) is 4.44. The Labute approximate surface area is 131 Å². The van der Waals surface area contributed by atoms with Gasteiger partial charge in [0.2, 0.25) is 0 Å². The largest absolute Gasteiger partial charge is 0.329 e. The summed E-state index contributed by atoms with van der Waals surface area (Å²) in [4.78, 5) is 4.04. The van der Waals surface area contributed by atoms with E-state index in [2.05, 4.69) is 4.98 Å². The minimum absolute atomic E-state index is 0.0236. The van der Waals surface area contributed by atoms with Gasteiger partial charge in [0, 0.05) is 27.8 Å². The summed E-state index contributed by atoms with van der Waals surface area (Å²) in [5.74, 6) is 0.102. The normalized spacial score (nSPS) is 12.1. The van der Waals surface area contributed by atoms with Gasteiger partial charge < -0.3 is 4.57 Å². The van der Waals surface area contributed by atoms with Crippen molar-refractivity contribution in [1.29, 1.82) is 0 Å². The maximum atomic E-state index is 13.3. The molecule has 1 heterocycles. The lowest BCUT2D eigenvalue weighted by atomic mass is 10.2. The van der Waals surface area contributed by atoms with Crippen LogP contribution in [0.4, 0.5) is 4.39 Å². The lowest BCUT2D eigenvalue weighted by molar-refractivity contribution is 0.606. The third-order valence-electron chi connectivity index (χ3n) is 2.90. The molecule has 2 aromatic rings. The molecule has 1 aromatic carbocycles. The fourth-order valence-electron chi connectivity index (χ4n) is 1.96. The molecule has 4 nitrogen and oxygen atoms in total. The predicted octanol–water partition coefficient (Wildman–Crippen LogP) is 3.77. The summed E-state index contributed by atoms with van der Waals surface area (Å²) >= 11 is 6.03. The van der Waals surface area contributed by atoms with E-state index in [1.54, 1.807) is 4.57 Å². The molecule has 0 aliphatic carbocycles. The van der Waals surface area contributed by atoms with Crippen LogP contribution in [-0.4, -0.2) is 18.0 Å². The topological polar surface area (TPSA) is 52.0 Å². The zero-order chi connectivity index (χ0) is 15.8. The molecule has 0 N–H and O–H groups in total. The second-order valence-corrected chi connectivity index (χ2v) is 7.81. The van der Waals surface area contributed by atoms with Gasteiger partial charge in [0.1, 0.15) is 11.6 Å². The molecule has 0 aliphatic heterocycles. The van der Waals surface area contributed by atoms with Gasteiger partial charge in [0.05, 0.1) is 6.54 Å². The maximum Gasteiger partial charge on any atom is 0.280 e. The van der Waals surface area contributed by atoms with E-state index in [1.165, 1.54) is 24.4 Å². The zero-order valence-electron chi connectivity index (χ0n) is 11.3. The first-order valence-electron chi connectivity index (χ1n) is 6.14. The molecule has 8 heteroatoms. The average molecular weight is 351 g/mol. The van der Waals surface area contributed by atoms with Gasteiger partial charge >= 0.3 is 0 Å². The summed E-state index contributed by atoms with van der Waals surface area (Å²) < 4.78 is 37.7. The molecule has 0 fully saturated rings. The van der Waals surface area contributed by atoms with E-state index in [4.69, 9.17) is 22.3 Å². The molecule has 0 amide bonds. The Morgan fingerprint density at radius 1 is 1.38 bits per heavy atom. The smallest absolute Gasteiger partial charge is 0.280 e. The number of benzene rings is 1. The molecule has 0 saturated heterocycles. The van der Waals surface area contributed by atoms with Gasteiger partial charge in [-0.2, -0.15) is 0 Å². The average Bonchev–Trinajstić information content (AvgIpc) is 2.78. The molecule has 0 unspecified atom stereocenters. The van der Waals surface area contributed by atoms with Gasteiger partial charge in [-0.15, -0.1) is 0 Å². The quantitative estimate of drug-likeness (QED) is 0.788. The third kappa shape index (κ3) is 3.75. The lowest BCUT2D eigenvalue weighted by Gasteiger charge is -2.11. The second-order valence-electron chi connectivity index (χ2n) is 4.89. The molecule has 0 bridgehead atoms. The van der Waals surface area contributed by atoms with E-state index >= 15 is 0 Å². The summed E-state index contributed by atoms with van der Waals surface area (Å²) in [5.41, 5.74) is 0.537. The van der Waals surface area contributed by atoms with Crippen LogP contribution in [0.5, 0.6) is 0 Å². The van der Waals surface area contributed by atoms with Crippen LogP contribution >= 0.6 is 22.3 Å². The first-order valence-corrected chi connectivity index (χ1v) is 8.83. The second kappa shape index (κ2) is 5.94. The molecule has 114 valence electrons. The van der Waals surface area contributed by atoms with Gasteiger partial charge in [-0.25, -0.2) is 17.8 Å². The van der Waals surface area contributed by atoms with Crippen molar-refractivity contribution in [2.24, 2.45) is 0 Å². The van der Waals surface area contributed by atoms with Crippen molar-refractivity contribution in [3.63, 3.8) is 0 Å². The zero-order valence-corrected chi connectivity index (χ0v) is 13.7. The molecular formula is C13H13Cl2FN2O2S. The Bertz CT molecular complexity index is 772. The van der Waals surface area contributed by atoms with Crippen molar-refractivity contribution in [2.45, 2.75) is 31.3 Å². The number of hydrogen-bond acceptors (Lipinski definition) is 3. The number of nitrogens with zero attached hydrogens (tertiary/aromatic N) is 2. The minimum Gasteiger partial charge on any atom is -0.329 e. The molecule has 0 radical (unpaired) electrons. The summed E-state index contributed by atoms with van der Waals surface area (Å²) in [6.07, 6.45) is 1.33. The van der Waals surface area contributed by atoms with Crippen molar-refractivity contribution in [1.82, 2.24) is 9.55 Å². The van der Waals surface area contributed by atoms with Crippen LogP contribution in [0.1, 0.15) is 31.2 Å². The monoisotopic (exact) mass is 350 g/mol. The Kier molecular flexibility index (Phi) is 4.60. The first kappa shape index (κ1) is 16.3. The van der Waals surface area contributed by atoms with Crippen LogP contribution in [0.3, 0.4) is 0 Å². The van der Waals surface area contributed by atoms with Crippen LogP contribution in [0.2, 0.25) is 5.02 Å². The van der Waals surface area contributed by atoms with Gasteiger partial charge in [-0.1, -0.05) is 25.4 Å². The minimum atomic E-state index is -3.92. The Balaban J connectivity index is 2.48. The van der Waals surface area contributed by atoms with E-state index in [0.717, 1.165) is 0 Å². The van der Waals surface area contributed by atoms with Gasteiger partial charge in [0.25, 0.3) is 9.05 Å². The van der Waals surface area contributed by atoms with Crippen molar-refractivity contribution in [2.75, 3.05) is 0 Å². The van der Waals surface area contributed by atoms with E-state index in [-0.39, 0.29) is 17.5 Å². The summed E-state index contributed by atoms with van der Waals surface area (Å²) in [5, 5.41) is 0.176. The summed E-state index contributed by atoms with van der Waals surface area (Å²) in [6.45, 7) is 3.96. The lowest BCUT2D eigenvalue weighted by Crippen LogP contribution is -2.06. The van der Waals surface area contributed by atoms with Crippen LogP contribution in [0, 0.1) is 5.82 Å². The molecule has 0 saturated carbocycles. The van der Waals surface area contributed by atoms with Crippen LogP contribution in [-0.2, 0) is 15.6 Å². The standard InChI is InChI=1S/C13H13Cl2FN2O2S/c1-8(2)13-17-12(21(15,19)20)7-18(13)6-9-5-10(16)3-4-11(9)14/h3-5,7-8H,6H2,1-2H3. The highest BCUT2D eigenvalue weighted by atomic mass is 35.7. The van der Waals surface area contributed by atoms with Gasteiger partial charge in [-0.3, -0.25) is 0 Å². The maximum absolute atomic E-state index is 13.3. The number of imidazole rings is 1. The SMILES string of the molecule is CC(C)c1nc(S(=O)(=O)Cl)cn1Cc1cc(F)ccc1Cl. The number of rotatable bonds is 4. The fraction of sp³-hybridized carbons (Fsp3) is 0.308. The predicted molar refractivity (Wildman–Crippen MR) is 79.9 cm³/mol. The highest BCUT2D eigenvalue weighted by Gasteiger charge is 2.20. The van der Waals surface area contributed by atoms with Crippen LogP contribution in [0.15, 0.2) is 29.4 Å². The molecular weight excluding hydrogens is 338 g/mol. The van der Waals surface area contributed by atoms with Crippen LogP contribution < -0.4 is 0 Å². The highest BCUT2D eigenvalue weighted by molar-refractivity contribution is 8.13. The number of halogens is 3. The molecule has 1 aromatic heterocycles. The van der Waals surface area contributed by atoms with Gasteiger partial charge in [-0.05, 0) is 23.8 Å². The molecule has 0 atom stereocenters. The van der Waals surface area contributed by atoms with Crippen LogP contribution in [0.25, 0.3) is 0 Å². The Morgan fingerprint density at radius 3 is 2.62 bits per heavy atom. The van der Waals surface area contributed by atoms with Crippen molar-refractivity contribution in [3.05, 3.63) is 46.6 Å². The van der Waals surface area contributed by atoms with Crippen molar-refractivity contribution < 1.29 is 12.8 Å². The highest BCUT2D eigenvalue weighted by Crippen LogP contribution is 2.24. The molecule has 2 rings (SSSR count). The molecule has 0 spiro atoms. The summed E-state index contributed by atoms with van der Waals surface area (Å²) in [6, 6.07) is 4.02. The Morgan fingerprint density at radius 2 is 2.05 bits per heavy atom. The first-order chi connectivity index (χ1) is 9.68. The fourth-order valence-corrected chi connectivity index (χ4v) is 2.81. The van der Waals surface area contributed by atoms with E-state index in [0.29, 0.717) is 16.4 Å². The van der Waals surface area contributed by atoms with Crippen molar-refractivity contribution >= 4 is 31.3 Å². The number of hydrogen-bond donors (Lipinski definition) is 0.